The largest absolute Gasteiger partial charge is 0.496 e. The Labute approximate surface area is 194 Å². The number of nitrogens with zero attached hydrogens (tertiary/aromatic N) is 4. The van der Waals surface area contributed by atoms with Crippen molar-refractivity contribution in [1.29, 1.82) is 0 Å². The van der Waals surface area contributed by atoms with Gasteiger partial charge in [0.25, 0.3) is 5.91 Å². The third-order valence-electron chi connectivity index (χ3n) is 5.53. The lowest BCUT2D eigenvalue weighted by Crippen LogP contribution is -2.13. The standard InChI is InChI=1S/C24H20N6O2S/c1-32-21-13-17(23-27-29-30-28-23)9-10-19(21)24(31)25-18-7-2-4-15(12-18)8-11-22-26-20(14-33-22)16-5-3-6-16/h2,4,7,9-10,12-14,16H,3,5-6H2,1H3,(H,25,31)(H,27,28,29,30). The van der Waals surface area contributed by atoms with Gasteiger partial charge in [-0.3, -0.25) is 4.79 Å². The quantitative estimate of drug-likeness (QED) is 0.435. The van der Waals surface area contributed by atoms with E-state index in [1.165, 1.54) is 26.4 Å². The second kappa shape index (κ2) is 9.22. The van der Waals surface area contributed by atoms with Crippen LogP contribution in [0.2, 0.25) is 0 Å². The zero-order chi connectivity index (χ0) is 22.6. The molecular formula is C24H20N6O2S. The summed E-state index contributed by atoms with van der Waals surface area (Å²) in [6.07, 6.45) is 3.74. The van der Waals surface area contributed by atoms with E-state index >= 15 is 0 Å². The van der Waals surface area contributed by atoms with Gasteiger partial charge in [-0.1, -0.05) is 18.4 Å². The lowest BCUT2D eigenvalue weighted by molar-refractivity contribution is 0.102. The Morgan fingerprint density at radius 3 is 2.88 bits per heavy atom. The van der Waals surface area contributed by atoms with Crippen molar-refractivity contribution in [2.24, 2.45) is 0 Å². The van der Waals surface area contributed by atoms with Gasteiger partial charge in [0, 0.05) is 28.1 Å². The third kappa shape index (κ3) is 4.61. The smallest absolute Gasteiger partial charge is 0.259 e. The molecule has 0 aliphatic heterocycles. The summed E-state index contributed by atoms with van der Waals surface area (Å²) in [4.78, 5) is 17.5. The van der Waals surface area contributed by atoms with Crippen LogP contribution in [0.3, 0.4) is 0 Å². The zero-order valence-corrected chi connectivity index (χ0v) is 18.6. The number of nitrogens with one attached hydrogen (secondary N) is 2. The number of aromatic amines is 1. The van der Waals surface area contributed by atoms with Gasteiger partial charge in [0.2, 0.25) is 5.82 Å². The summed E-state index contributed by atoms with van der Waals surface area (Å²) in [5.41, 5.74) is 3.69. The number of amides is 1. The summed E-state index contributed by atoms with van der Waals surface area (Å²) in [5.74, 6) is 7.44. The Morgan fingerprint density at radius 2 is 2.12 bits per heavy atom. The molecule has 2 aromatic heterocycles. The Morgan fingerprint density at radius 1 is 1.21 bits per heavy atom. The molecule has 0 atom stereocenters. The topological polar surface area (TPSA) is 106 Å². The van der Waals surface area contributed by atoms with Gasteiger partial charge in [0.05, 0.1) is 18.4 Å². The summed E-state index contributed by atoms with van der Waals surface area (Å²) in [5, 5.41) is 19.7. The lowest BCUT2D eigenvalue weighted by Gasteiger charge is -2.22. The Bertz CT molecular complexity index is 1350. The van der Waals surface area contributed by atoms with Crippen molar-refractivity contribution in [3.05, 3.63) is 69.7 Å². The number of anilines is 1. The third-order valence-corrected chi connectivity index (χ3v) is 6.31. The molecule has 1 saturated carbocycles. The monoisotopic (exact) mass is 456 g/mol. The maximum Gasteiger partial charge on any atom is 0.259 e. The van der Waals surface area contributed by atoms with Gasteiger partial charge in [-0.05, 0) is 60.4 Å². The number of ether oxygens (including phenoxy) is 1. The summed E-state index contributed by atoms with van der Waals surface area (Å²) in [6, 6.07) is 12.5. The number of rotatable bonds is 5. The fraction of sp³-hybridized carbons (Fsp3) is 0.208. The molecule has 1 amide bonds. The predicted octanol–water partition coefficient (Wildman–Crippen LogP) is 4.25. The highest BCUT2D eigenvalue weighted by Gasteiger charge is 2.21. The first-order valence-corrected chi connectivity index (χ1v) is 11.4. The number of aromatic nitrogens is 5. The molecule has 33 heavy (non-hydrogen) atoms. The zero-order valence-electron chi connectivity index (χ0n) is 17.8. The van der Waals surface area contributed by atoms with Crippen molar-refractivity contribution < 1.29 is 9.53 Å². The van der Waals surface area contributed by atoms with Crippen LogP contribution in [0.5, 0.6) is 5.75 Å². The molecule has 0 bridgehead atoms. The first kappa shape index (κ1) is 20.8. The first-order valence-electron chi connectivity index (χ1n) is 10.5. The van der Waals surface area contributed by atoms with Gasteiger partial charge in [0.15, 0.2) is 5.01 Å². The molecule has 4 aromatic rings. The molecule has 9 heteroatoms. The number of hydrogen-bond acceptors (Lipinski definition) is 7. The molecule has 164 valence electrons. The van der Waals surface area contributed by atoms with Crippen molar-refractivity contribution in [2.45, 2.75) is 25.2 Å². The van der Waals surface area contributed by atoms with E-state index < -0.39 is 0 Å². The molecule has 0 saturated heterocycles. The van der Waals surface area contributed by atoms with E-state index in [9.17, 15) is 4.79 Å². The summed E-state index contributed by atoms with van der Waals surface area (Å²) < 4.78 is 5.41. The number of H-pyrrole nitrogens is 1. The van der Waals surface area contributed by atoms with Gasteiger partial charge in [-0.25, -0.2) is 4.98 Å². The molecule has 0 spiro atoms. The van der Waals surface area contributed by atoms with Crippen LogP contribution in [0.15, 0.2) is 47.8 Å². The normalized spacial score (nSPS) is 13.0. The molecular weight excluding hydrogens is 436 g/mol. The highest BCUT2D eigenvalue weighted by molar-refractivity contribution is 7.10. The minimum atomic E-state index is -0.290. The van der Waals surface area contributed by atoms with Crippen LogP contribution in [-0.2, 0) is 0 Å². The van der Waals surface area contributed by atoms with Gasteiger partial charge in [-0.2, -0.15) is 5.21 Å². The molecule has 2 N–H and O–H groups in total. The van der Waals surface area contributed by atoms with E-state index in [0.29, 0.717) is 34.3 Å². The van der Waals surface area contributed by atoms with Crippen molar-refractivity contribution in [2.75, 3.05) is 12.4 Å². The van der Waals surface area contributed by atoms with Crippen LogP contribution in [0.4, 0.5) is 5.69 Å². The Hall–Kier alpha value is -4.03. The molecule has 2 heterocycles. The highest BCUT2D eigenvalue weighted by Crippen LogP contribution is 2.36. The molecule has 2 aromatic carbocycles. The number of thiazole rings is 1. The van der Waals surface area contributed by atoms with Gasteiger partial charge in [-0.15, -0.1) is 21.5 Å². The van der Waals surface area contributed by atoms with Crippen molar-refractivity contribution >= 4 is 22.9 Å². The minimum absolute atomic E-state index is 0.290. The van der Waals surface area contributed by atoms with Crippen LogP contribution in [0.25, 0.3) is 11.4 Å². The summed E-state index contributed by atoms with van der Waals surface area (Å²) in [6.45, 7) is 0. The first-order chi connectivity index (χ1) is 16.2. The molecule has 0 unspecified atom stereocenters. The number of methoxy groups -OCH3 is 1. The molecule has 1 fully saturated rings. The highest BCUT2D eigenvalue weighted by atomic mass is 32.1. The second-order valence-corrected chi connectivity index (χ2v) is 8.50. The van der Waals surface area contributed by atoms with Gasteiger partial charge in [0.1, 0.15) is 5.75 Å². The van der Waals surface area contributed by atoms with E-state index in [0.717, 1.165) is 16.3 Å². The number of benzene rings is 2. The van der Waals surface area contributed by atoms with E-state index in [-0.39, 0.29) is 5.91 Å². The van der Waals surface area contributed by atoms with Gasteiger partial charge >= 0.3 is 0 Å². The summed E-state index contributed by atoms with van der Waals surface area (Å²) >= 11 is 1.58. The molecule has 8 nitrogen and oxygen atoms in total. The maximum absolute atomic E-state index is 12.9. The maximum atomic E-state index is 12.9. The molecule has 5 rings (SSSR count). The van der Waals surface area contributed by atoms with Crippen LogP contribution in [-0.4, -0.2) is 38.6 Å². The fourth-order valence-corrected chi connectivity index (χ4v) is 4.28. The predicted molar refractivity (Wildman–Crippen MR) is 125 cm³/mol. The van der Waals surface area contributed by atoms with Crippen LogP contribution in [0, 0.1) is 11.8 Å². The van der Waals surface area contributed by atoms with E-state index in [1.807, 2.05) is 24.3 Å². The second-order valence-electron chi connectivity index (χ2n) is 7.64. The summed E-state index contributed by atoms with van der Waals surface area (Å²) in [7, 11) is 1.51. The lowest BCUT2D eigenvalue weighted by atomic mass is 9.83. The van der Waals surface area contributed by atoms with Crippen LogP contribution >= 0.6 is 11.3 Å². The van der Waals surface area contributed by atoms with E-state index in [4.69, 9.17) is 4.74 Å². The van der Waals surface area contributed by atoms with Crippen molar-refractivity contribution in [3.8, 4) is 29.0 Å². The average Bonchev–Trinajstić information content (AvgIpc) is 3.49. The molecule has 0 radical (unpaired) electrons. The van der Waals surface area contributed by atoms with Crippen LogP contribution in [0.1, 0.15) is 51.8 Å². The van der Waals surface area contributed by atoms with Crippen LogP contribution < -0.4 is 10.1 Å². The van der Waals surface area contributed by atoms with E-state index in [2.05, 4.69) is 48.1 Å². The number of hydrogen-bond donors (Lipinski definition) is 2. The average molecular weight is 457 g/mol. The minimum Gasteiger partial charge on any atom is -0.496 e. The van der Waals surface area contributed by atoms with Crippen molar-refractivity contribution in [1.82, 2.24) is 25.6 Å². The number of carbonyl (C=O) groups excluding carboxylic acids is 1. The van der Waals surface area contributed by atoms with E-state index in [1.54, 1.807) is 29.5 Å². The number of tetrazole rings is 1. The fourth-order valence-electron chi connectivity index (χ4n) is 3.54. The SMILES string of the molecule is COc1cc(-c2nn[nH]n2)ccc1C(=O)Nc1cccc(C#Cc2nc(C3CCC3)cs2)c1. The Balaban J connectivity index is 1.31. The van der Waals surface area contributed by atoms with Crippen molar-refractivity contribution in [3.63, 3.8) is 0 Å². The molecule has 1 aliphatic rings. The molecule has 1 aliphatic carbocycles. The van der Waals surface area contributed by atoms with Gasteiger partial charge < -0.3 is 10.1 Å². The Kier molecular flexibility index (Phi) is 5.83. The number of carbonyl (C=O) groups is 1.